The molecular weight excluding hydrogens is 649 g/mol. The predicted octanol–water partition coefficient (Wildman–Crippen LogP) is 12.8. The Morgan fingerprint density at radius 2 is 1.42 bits per heavy atom. The number of hydrogen-bond donors (Lipinski definition) is 0. The van der Waals surface area contributed by atoms with E-state index < -0.39 is 6.85 Å². The van der Waals surface area contributed by atoms with E-state index in [-0.39, 0.29) is 5.41 Å². The number of anilines is 4. The van der Waals surface area contributed by atoms with Crippen LogP contribution in [0.2, 0.25) is 0 Å². The van der Waals surface area contributed by atoms with E-state index in [1.54, 1.807) is 12.1 Å². The van der Waals surface area contributed by atoms with Gasteiger partial charge in [-0.2, -0.15) is 0 Å². The number of aryl methyl sites for hydroxylation is 2. The molecule has 6 aromatic carbocycles. The van der Waals surface area contributed by atoms with Crippen molar-refractivity contribution < 1.29 is 8.85 Å². The van der Waals surface area contributed by atoms with Crippen LogP contribution in [0.15, 0.2) is 152 Å². The number of hydrogen-bond acceptors (Lipinski definition) is 4. The lowest BCUT2D eigenvalue weighted by Gasteiger charge is -2.24. The summed E-state index contributed by atoms with van der Waals surface area (Å²) >= 11 is 0. The summed E-state index contributed by atoms with van der Waals surface area (Å²) in [6.07, 6.45) is 1.90. The molecule has 2 aromatic heterocycles. The standard InChI is InChI=1S/C48H42N4O/c1-32-25-33(2)27-37(26-32)50-31-51(47-40(18-12-20-44(47)50)34-13-7-6-8-14-34)36-15-11-16-38(29-36)53-39-21-22-42-41-17-9-10-19-43(41)52(45(42)30-39)46-28-35(23-24-49-46)48(3,4)5/h6-30H,31H2,1-5H3/i1D3. The Kier molecular flexibility index (Phi) is 7.02. The van der Waals surface area contributed by atoms with E-state index in [1.807, 2.05) is 37.4 Å². The number of fused-ring (bicyclic) bond motifs is 4. The Balaban J connectivity index is 1.12. The summed E-state index contributed by atoms with van der Waals surface area (Å²) in [6.45, 7) is 6.88. The fourth-order valence-corrected chi connectivity index (χ4v) is 7.64. The van der Waals surface area contributed by atoms with Gasteiger partial charge in [0.05, 0.1) is 22.4 Å². The zero-order chi connectivity index (χ0) is 38.8. The predicted molar refractivity (Wildman–Crippen MR) is 221 cm³/mol. The van der Waals surface area contributed by atoms with Crippen molar-refractivity contribution in [2.45, 2.75) is 40.0 Å². The van der Waals surface area contributed by atoms with Crippen molar-refractivity contribution in [3.8, 4) is 28.4 Å². The molecule has 0 atom stereocenters. The number of para-hydroxylation sites is 2. The first kappa shape index (κ1) is 29.3. The lowest BCUT2D eigenvalue weighted by molar-refractivity contribution is 0.483. The highest BCUT2D eigenvalue weighted by Gasteiger charge is 2.31. The van der Waals surface area contributed by atoms with Crippen molar-refractivity contribution in [2.75, 3.05) is 16.5 Å². The second kappa shape index (κ2) is 12.7. The first-order chi connectivity index (χ1) is 26.9. The van der Waals surface area contributed by atoms with Crippen molar-refractivity contribution in [2.24, 2.45) is 0 Å². The summed E-state index contributed by atoms with van der Waals surface area (Å²) in [5, 5.41) is 2.29. The third-order valence-corrected chi connectivity index (χ3v) is 10.2. The van der Waals surface area contributed by atoms with Crippen LogP contribution in [0.25, 0.3) is 38.8 Å². The van der Waals surface area contributed by atoms with E-state index in [2.05, 4.69) is 144 Å². The van der Waals surface area contributed by atoms with Gasteiger partial charge in [0.25, 0.3) is 0 Å². The summed E-state index contributed by atoms with van der Waals surface area (Å²) in [4.78, 5) is 9.34. The minimum atomic E-state index is -2.22. The van der Waals surface area contributed by atoms with Gasteiger partial charge in [-0.05, 0) is 102 Å². The molecule has 5 heteroatoms. The van der Waals surface area contributed by atoms with Crippen LogP contribution < -0.4 is 14.5 Å². The molecule has 0 N–H and O–H groups in total. The molecule has 0 spiro atoms. The quantitative estimate of drug-likeness (QED) is 0.174. The van der Waals surface area contributed by atoms with E-state index in [4.69, 9.17) is 13.8 Å². The molecule has 5 nitrogen and oxygen atoms in total. The van der Waals surface area contributed by atoms with Gasteiger partial charge in [-0.1, -0.05) is 93.6 Å². The van der Waals surface area contributed by atoms with Crippen molar-refractivity contribution in [3.05, 3.63) is 168 Å². The van der Waals surface area contributed by atoms with Gasteiger partial charge in [0, 0.05) is 50.2 Å². The fraction of sp³-hybridized carbons (Fsp3) is 0.146. The molecule has 0 bridgehead atoms. The molecule has 9 rings (SSSR count). The molecule has 1 aliphatic rings. The maximum atomic E-state index is 8.16. The lowest BCUT2D eigenvalue weighted by Crippen LogP contribution is -2.24. The minimum Gasteiger partial charge on any atom is -0.457 e. The maximum absolute atomic E-state index is 8.16. The molecule has 53 heavy (non-hydrogen) atoms. The largest absolute Gasteiger partial charge is 0.457 e. The van der Waals surface area contributed by atoms with Gasteiger partial charge < -0.3 is 14.5 Å². The molecule has 260 valence electrons. The van der Waals surface area contributed by atoms with Gasteiger partial charge >= 0.3 is 0 Å². The SMILES string of the molecule is [2H]C([2H])([2H])c1cc(C)cc(N2CN(c3cccc(Oc4ccc5c6ccccc6n(-c6cc(C(C)(C)C)ccn6)c5c4)c3)c3c(-c4ccccc4)cccc32)c1. The first-order valence-corrected chi connectivity index (χ1v) is 18.1. The number of nitrogens with zero attached hydrogens (tertiary/aromatic N) is 4. The number of pyridine rings is 1. The number of rotatable bonds is 6. The van der Waals surface area contributed by atoms with Gasteiger partial charge in [-0.3, -0.25) is 4.57 Å². The molecule has 0 unspecified atom stereocenters. The molecule has 0 aliphatic carbocycles. The molecule has 1 aliphatic heterocycles. The molecule has 0 saturated carbocycles. The number of benzene rings is 6. The van der Waals surface area contributed by atoms with E-state index in [0.717, 1.165) is 72.8 Å². The average molecular weight is 694 g/mol. The van der Waals surface area contributed by atoms with Crippen LogP contribution in [0.3, 0.4) is 0 Å². The third-order valence-electron chi connectivity index (χ3n) is 10.2. The van der Waals surface area contributed by atoms with Gasteiger partial charge in [0.1, 0.15) is 24.0 Å². The highest BCUT2D eigenvalue weighted by Crippen LogP contribution is 2.50. The van der Waals surface area contributed by atoms with E-state index >= 15 is 0 Å². The number of ether oxygens (including phenoxy) is 1. The van der Waals surface area contributed by atoms with Crippen molar-refractivity contribution >= 4 is 44.6 Å². The van der Waals surface area contributed by atoms with Crippen LogP contribution in [-0.4, -0.2) is 16.2 Å². The van der Waals surface area contributed by atoms with Gasteiger partial charge in [0.2, 0.25) is 0 Å². The molecule has 0 radical (unpaired) electrons. The van der Waals surface area contributed by atoms with Crippen molar-refractivity contribution in [1.82, 2.24) is 9.55 Å². The summed E-state index contributed by atoms with van der Waals surface area (Å²) in [6, 6.07) is 49.5. The van der Waals surface area contributed by atoms with Crippen LogP contribution in [0.5, 0.6) is 11.5 Å². The average Bonchev–Trinajstić information content (AvgIpc) is 3.74. The lowest BCUT2D eigenvalue weighted by atomic mass is 9.88. The summed E-state index contributed by atoms with van der Waals surface area (Å²) in [5.74, 6) is 2.29. The Hall–Kier alpha value is -6.33. The van der Waals surface area contributed by atoms with Gasteiger partial charge in [0.15, 0.2) is 0 Å². The van der Waals surface area contributed by atoms with Gasteiger partial charge in [-0.25, -0.2) is 4.98 Å². The van der Waals surface area contributed by atoms with Crippen LogP contribution in [0.4, 0.5) is 22.7 Å². The minimum absolute atomic E-state index is 0.0226. The van der Waals surface area contributed by atoms with Crippen LogP contribution in [0.1, 0.15) is 41.6 Å². The van der Waals surface area contributed by atoms with E-state index in [0.29, 0.717) is 18.0 Å². The third kappa shape index (κ3) is 5.88. The topological polar surface area (TPSA) is 33.5 Å². The molecule has 0 fully saturated rings. The monoisotopic (exact) mass is 693 g/mol. The van der Waals surface area contributed by atoms with Crippen LogP contribution in [0, 0.1) is 13.8 Å². The zero-order valence-corrected chi connectivity index (χ0v) is 30.3. The van der Waals surface area contributed by atoms with E-state index in [9.17, 15) is 0 Å². The Bertz CT molecular complexity index is 2770. The molecular formula is C48H42N4O. The Morgan fingerprint density at radius 1 is 0.642 bits per heavy atom. The van der Waals surface area contributed by atoms with Crippen molar-refractivity contribution in [1.29, 1.82) is 0 Å². The molecule has 3 heterocycles. The Labute approximate surface area is 315 Å². The second-order valence-electron chi connectivity index (χ2n) is 14.9. The molecule has 0 amide bonds. The van der Waals surface area contributed by atoms with E-state index in [1.165, 1.54) is 5.56 Å². The van der Waals surface area contributed by atoms with Gasteiger partial charge in [-0.15, -0.1) is 0 Å². The fourth-order valence-electron chi connectivity index (χ4n) is 7.64. The zero-order valence-electron chi connectivity index (χ0n) is 33.3. The molecule has 8 aromatic rings. The Morgan fingerprint density at radius 3 is 2.26 bits per heavy atom. The van der Waals surface area contributed by atoms with Crippen LogP contribution in [-0.2, 0) is 5.41 Å². The highest BCUT2D eigenvalue weighted by molar-refractivity contribution is 6.09. The van der Waals surface area contributed by atoms with Crippen molar-refractivity contribution in [3.63, 3.8) is 0 Å². The summed E-state index contributed by atoms with van der Waals surface area (Å²) in [7, 11) is 0. The highest BCUT2D eigenvalue weighted by atomic mass is 16.5. The summed E-state index contributed by atoms with van der Waals surface area (Å²) in [5.41, 5.74) is 10.6. The second-order valence-corrected chi connectivity index (χ2v) is 14.9. The smallest absolute Gasteiger partial charge is 0.137 e. The maximum Gasteiger partial charge on any atom is 0.137 e. The first-order valence-electron chi connectivity index (χ1n) is 19.6. The van der Waals surface area contributed by atoms with Crippen LogP contribution >= 0.6 is 0 Å². The normalized spacial score (nSPS) is 13.9. The summed E-state index contributed by atoms with van der Waals surface area (Å²) < 4.78 is 33.4. The molecule has 0 saturated heterocycles. The number of aromatic nitrogens is 2.